The van der Waals surface area contributed by atoms with Crippen LogP contribution in [0.15, 0.2) is 0 Å². The second kappa shape index (κ2) is 7.34. The van der Waals surface area contributed by atoms with E-state index < -0.39 is 31.0 Å². The van der Waals surface area contributed by atoms with Crippen LogP contribution in [0.5, 0.6) is 0 Å². The van der Waals surface area contributed by atoms with Gasteiger partial charge in [-0.05, 0) is 0 Å². The first kappa shape index (κ1) is 15.8. The summed E-state index contributed by atoms with van der Waals surface area (Å²) < 4.78 is 33.3. The molecule has 0 aromatic heterocycles. The van der Waals surface area contributed by atoms with Crippen molar-refractivity contribution in [1.82, 2.24) is 4.90 Å². The number of amides is 1. The highest BCUT2D eigenvalue weighted by atomic mass is 19.3. The molecule has 0 aliphatic carbocycles. The summed E-state index contributed by atoms with van der Waals surface area (Å²) >= 11 is 0. The van der Waals surface area contributed by atoms with Gasteiger partial charge in [0.15, 0.2) is 0 Å². The fraction of sp³-hybridized carbons (Fsp3) is 0.818. The number of carbonyl (C=O) groups excluding carboxylic acids is 1. The molecule has 0 spiro atoms. The summed E-state index contributed by atoms with van der Waals surface area (Å²) in [5, 5.41) is 9.01. The Morgan fingerprint density at radius 3 is 2.68 bits per heavy atom. The Kier molecular flexibility index (Phi) is 6.10. The van der Waals surface area contributed by atoms with E-state index in [1.807, 2.05) is 0 Å². The van der Waals surface area contributed by atoms with E-state index in [4.69, 9.17) is 9.84 Å². The molecule has 0 bridgehead atoms. The summed E-state index contributed by atoms with van der Waals surface area (Å²) in [6, 6.07) is -0.924. The molecular weight excluding hydrogens is 264 g/mol. The molecule has 2 unspecified atom stereocenters. The molecule has 1 aliphatic heterocycles. The van der Waals surface area contributed by atoms with Crippen LogP contribution in [0.3, 0.4) is 0 Å². The molecular formula is C11H17F2NO5. The number of ether oxygens (including phenoxy) is 2. The van der Waals surface area contributed by atoms with Crippen molar-refractivity contribution in [3.63, 3.8) is 0 Å². The minimum atomic E-state index is -2.58. The molecule has 1 fully saturated rings. The first-order valence-corrected chi connectivity index (χ1v) is 5.86. The van der Waals surface area contributed by atoms with Crippen molar-refractivity contribution in [3.8, 4) is 0 Å². The number of likely N-dealkylation sites (tertiary alicyclic amines) is 1. The smallest absolute Gasteiger partial charge is 0.326 e. The Bertz CT molecular complexity index is 326. The largest absolute Gasteiger partial charge is 0.480 e. The molecule has 1 amide bonds. The summed E-state index contributed by atoms with van der Waals surface area (Å²) in [7, 11) is 1.45. The first-order chi connectivity index (χ1) is 8.95. The molecule has 0 aromatic rings. The van der Waals surface area contributed by atoms with E-state index in [2.05, 4.69) is 4.74 Å². The maximum Gasteiger partial charge on any atom is 0.326 e. The monoisotopic (exact) mass is 281 g/mol. The van der Waals surface area contributed by atoms with Crippen LogP contribution in [0.2, 0.25) is 0 Å². The summed E-state index contributed by atoms with van der Waals surface area (Å²) in [4.78, 5) is 24.0. The molecule has 0 aromatic carbocycles. The van der Waals surface area contributed by atoms with E-state index in [9.17, 15) is 18.4 Å². The molecule has 1 aliphatic rings. The fourth-order valence-corrected chi connectivity index (χ4v) is 1.95. The zero-order valence-corrected chi connectivity index (χ0v) is 10.6. The minimum Gasteiger partial charge on any atom is -0.480 e. The van der Waals surface area contributed by atoms with Gasteiger partial charge in [0.1, 0.15) is 12.6 Å². The summed E-state index contributed by atoms with van der Waals surface area (Å²) in [5.74, 6) is -1.53. The maximum absolute atomic E-state index is 11.8. The van der Waals surface area contributed by atoms with Gasteiger partial charge in [-0.3, -0.25) is 4.79 Å². The maximum atomic E-state index is 11.8. The molecule has 6 nitrogen and oxygen atoms in total. The molecule has 1 heterocycles. The topological polar surface area (TPSA) is 76.1 Å². The van der Waals surface area contributed by atoms with Crippen LogP contribution in [0, 0.1) is 0 Å². The number of carboxylic acids is 1. The molecule has 19 heavy (non-hydrogen) atoms. The van der Waals surface area contributed by atoms with Crippen LogP contribution in [-0.4, -0.2) is 67.3 Å². The van der Waals surface area contributed by atoms with E-state index in [0.29, 0.717) is 0 Å². The van der Waals surface area contributed by atoms with Gasteiger partial charge in [-0.25, -0.2) is 13.6 Å². The molecule has 2 atom stereocenters. The normalized spacial score (nSPS) is 23.1. The lowest BCUT2D eigenvalue weighted by Gasteiger charge is -2.21. The van der Waals surface area contributed by atoms with Gasteiger partial charge in [-0.2, -0.15) is 0 Å². The van der Waals surface area contributed by atoms with Crippen molar-refractivity contribution < 1.29 is 33.0 Å². The number of carboxylic acid groups (broad SMARTS) is 1. The third kappa shape index (κ3) is 4.71. The van der Waals surface area contributed by atoms with E-state index in [0.717, 1.165) is 0 Å². The Morgan fingerprint density at radius 1 is 1.47 bits per heavy atom. The van der Waals surface area contributed by atoms with Crippen LogP contribution in [0.25, 0.3) is 0 Å². The highest BCUT2D eigenvalue weighted by molar-refractivity contribution is 5.84. The van der Waals surface area contributed by atoms with Gasteiger partial charge in [-0.1, -0.05) is 0 Å². The SMILES string of the molecule is COC1CC(C(=O)O)N(C(=O)CCOCC(F)F)C1. The van der Waals surface area contributed by atoms with Gasteiger partial charge in [0.05, 0.1) is 19.1 Å². The molecule has 0 saturated carbocycles. The van der Waals surface area contributed by atoms with Crippen molar-refractivity contribution in [2.75, 3.05) is 26.9 Å². The number of carbonyl (C=O) groups is 2. The number of nitrogens with zero attached hydrogens (tertiary/aromatic N) is 1. The lowest BCUT2D eigenvalue weighted by molar-refractivity contribution is -0.148. The Labute approximate surface area is 109 Å². The van der Waals surface area contributed by atoms with Crippen LogP contribution < -0.4 is 0 Å². The third-order valence-electron chi connectivity index (χ3n) is 2.91. The first-order valence-electron chi connectivity index (χ1n) is 5.86. The van der Waals surface area contributed by atoms with Gasteiger partial charge in [0.2, 0.25) is 5.91 Å². The van der Waals surface area contributed by atoms with Crippen LogP contribution in [0.4, 0.5) is 8.78 Å². The highest BCUT2D eigenvalue weighted by Crippen LogP contribution is 2.21. The molecule has 110 valence electrons. The number of rotatable bonds is 7. The van der Waals surface area contributed by atoms with Gasteiger partial charge < -0.3 is 19.5 Å². The number of halogens is 2. The van der Waals surface area contributed by atoms with Gasteiger partial charge >= 0.3 is 5.97 Å². The molecule has 1 N–H and O–H groups in total. The lowest BCUT2D eigenvalue weighted by Crippen LogP contribution is -2.41. The Hall–Kier alpha value is -1.28. The molecule has 8 heteroatoms. The standard InChI is InChI=1S/C11H17F2NO5/c1-18-7-4-8(11(16)17)14(5-7)10(15)2-3-19-6-9(12)13/h7-9H,2-6H2,1H3,(H,16,17). The number of hydrogen-bond acceptors (Lipinski definition) is 4. The molecule has 1 rings (SSSR count). The second-order valence-corrected chi connectivity index (χ2v) is 4.21. The van der Waals surface area contributed by atoms with Crippen molar-refractivity contribution in [2.24, 2.45) is 0 Å². The zero-order chi connectivity index (χ0) is 14.4. The number of aliphatic carboxylic acids is 1. The Morgan fingerprint density at radius 2 is 2.16 bits per heavy atom. The van der Waals surface area contributed by atoms with E-state index in [-0.39, 0.29) is 32.1 Å². The van der Waals surface area contributed by atoms with Gasteiger partial charge in [0.25, 0.3) is 6.43 Å². The molecule has 0 radical (unpaired) electrons. The van der Waals surface area contributed by atoms with E-state index in [1.165, 1.54) is 12.0 Å². The number of alkyl halides is 2. The van der Waals surface area contributed by atoms with E-state index in [1.54, 1.807) is 0 Å². The fourth-order valence-electron chi connectivity index (χ4n) is 1.95. The lowest BCUT2D eigenvalue weighted by atomic mass is 10.2. The average molecular weight is 281 g/mol. The predicted octanol–water partition coefficient (Wildman–Crippen LogP) is 0.359. The summed E-state index contributed by atoms with van der Waals surface area (Å²) in [6.45, 7) is -0.679. The zero-order valence-electron chi connectivity index (χ0n) is 10.6. The quantitative estimate of drug-likeness (QED) is 0.682. The van der Waals surface area contributed by atoms with Crippen LogP contribution in [-0.2, 0) is 19.1 Å². The second-order valence-electron chi connectivity index (χ2n) is 4.21. The molecule has 1 saturated heterocycles. The van der Waals surface area contributed by atoms with Crippen LogP contribution >= 0.6 is 0 Å². The number of hydrogen-bond donors (Lipinski definition) is 1. The minimum absolute atomic E-state index is 0.118. The van der Waals surface area contributed by atoms with Crippen molar-refractivity contribution >= 4 is 11.9 Å². The van der Waals surface area contributed by atoms with E-state index >= 15 is 0 Å². The highest BCUT2D eigenvalue weighted by Gasteiger charge is 2.39. The van der Waals surface area contributed by atoms with Crippen molar-refractivity contribution in [1.29, 1.82) is 0 Å². The number of methoxy groups -OCH3 is 1. The van der Waals surface area contributed by atoms with Gasteiger partial charge in [0, 0.05) is 20.1 Å². The third-order valence-corrected chi connectivity index (χ3v) is 2.91. The van der Waals surface area contributed by atoms with Crippen LogP contribution in [0.1, 0.15) is 12.8 Å². The predicted molar refractivity (Wildman–Crippen MR) is 60.0 cm³/mol. The van der Waals surface area contributed by atoms with Crippen molar-refractivity contribution in [3.05, 3.63) is 0 Å². The summed E-state index contributed by atoms with van der Waals surface area (Å²) in [5.41, 5.74) is 0. The van der Waals surface area contributed by atoms with Gasteiger partial charge in [-0.15, -0.1) is 0 Å². The van der Waals surface area contributed by atoms with Crippen molar-refractivity contribution in [2.45, 2.75) is 31.4 Å². The average Bonchev–Trinajstić information content (AvgIpc) is 2.78. The summed E-state index contributed by atoms with van der Waals surface area (Å²) in [6.07, 6.45) is -2.78. The Balaban J connectivity index is 2.43.